The smallest absolute Gasteiger partial charge is 0.240 e. The maximum atomic E-state index is 13.2. The highest BCUT2D eigenvalue weighted by molar-refractivity contribution is 5.83. The minimum Gasteiger partial charge on any atom is -0.350 e. The molecule has 3 nitrogen and oxygen atoms in total. The Hall–Kier alpha value is -1.84. The van der Waals surface area contributed by atoms with Gasteiger partial charge in [-0.25, -0.2) is 4.39 Å². The van der Waals surface area contributed by atoms with E-state index in [9.17, 15) is 9.18 Å². The number of fused-ring (bicyclic) bond motifs is 1. The van der Waals surface area contributed by atoms with Crippen molar-refractivity contribution in [3.63, 3.8) is 0 Å². The Morgan fingerprint density at radius 1 is 1.33 bits per heavy atom. The van der Waals surface area contributed by atoms with Crippen molar-refractivity contribution in [3.8, 4) is 0 Å². The molecule has 0 atom stereocenters. The molecule has 4 heteroatoms. The molecule has 0 saturated carbocycles. The van der Waals surface area contributed by atoms with Crippen LogP contribution in [0.25, 0.3) is 10.9 Å². The van der Waals surface area contributed by atoms with Crippen LogP contribution in [-0.4, -0.2) is 16.0 Å². The van der Waals surface area contributed by atoms with Crippen molar-refractivity contribution in [1.82, 2.24) is 9.88 Å². The van der Waals surface area contributed by atoms with E-state index in [2.05, 4.69) is 5.32 Å². The average Bonchev–Trinajstić information content (AvgIpc) is 2.58. The molecule has 1 aromatic carbocycles. The molecule has 0 fully saturated rings. The lowest BCUT2D eigenvalue weighted by atomic mass is 10.1. The van der Waals surface area contributed by atoms with Crippen molar-refractivity contribution in [2.24, 2.45) is 0 Å². The zero-order valence-electron chi connectivity index (χ0n) is 10.8. The average molecular weight is 248 g/mol. The van der Waals surface area contributed by atoms with E-state index in [1.165, 1.54) is 12.1 Å². The predicted molar refractivity (Wildman–Crippen MR) is 69.8 cm³/mol. The zero-order valence-corrected chi connectivity index (χ0v) is 10.8. The number of hydrogen-bond donors (Lipinski definition) is 1. The normalized spacial score (nSPS) is 11.8. The number of aromatic nitrogens is 1. The van der Waals surface area contributed by atoms with E-state index in [0.717, 1.165) is 10.9 Å². The summed E-state index contributed by atoms with van der Waals surface area (Å²) >= 11 is 0. The van der Waals surface area contributed by atoms with Crippen LogP contribution < -0.4 is 5.32 Å². The molecule has 0 aliphatic rings. The van der Waals surface area contributed by atoms with Gasteiger partial charge in [-0.05, 0) is 50.4 Å². The number of nitrogens with zero attached hydrogens (tertiary/aromatic N) is 1. The van der Waals surface area contributed by atoms with Gasteiger partial charge in [0.15, 0.2) is 0 Å². The molecule has 0 aliphatic carbocycles. The fraction of sp³-hybridized carbons (Fsp3) is 0.357. The Kier molecular flexibility index (Phi) is 3.11. The minimum absolute atomic E-state index is 0.0794. The van der Waals surface area contributed by atoms with Crippen molar-refractivity contribution in [3.05, 3.63) is 36.3 Å². The van der Waals surface area contributed by atoms with E-state index < -0.39 is 0 Å². The molecule has 1 N–H and O–H groups in total. The van der Waals surface area contributed by atoms with Crippen molar-refractivity contribution >= 4 is 16.8 Å². The molecule has 1 amide bonds. The summed E-state index contributed by atoms with van der Waals surface area (Å²) in [5.41, 5.74) is 0.477. The molecular formula is C14H17FN2O. The van der Waals surface area contributed by atoms with Crippen molar-refractivity contribution in [2.45, 2.75) is 32.9 Å². The fourth-order valence-electron chi connectivity index (χ4n) is 1.91. The van der Waals surface area contributed by atoms with Gasteiger partial charge >= 0.3 is 0 Å². The molecule has 0 spiro atoms. The first kappa shape index (κ1) is 12.6. The lowest BCUT2D eigenvalue weighted by molar-refractivity contribution is -0.123. The number of hydrogen-bond acceptors (Lipinski definition) is 1. The highest BCUT2D eigenvalue weighted by Crippen LogP contribution is 2.17. The van der Waals surface area contributed by atoms with Gasteiger partial charge in [-0.2, -0.15) is 0 Å². The molecule has 0 saturated heterocycles. The summed E-state index contributed by atoms with van der Waals surface area (Å²) in [6, 6.07) is 6.45. The molecule has 2 aromatic rings. The number of rotatable bonds is 2. The van der Waals surface area contributed by atoms with Gasteiger partial charge in [-0.1, -0.05) is 0 Å². The van der Waals surface area contributed by atoms with Gasteiger partial charge in [0.05, 0.1) is 5.52 Å². The summed E-state index contributed by atoms with van der Waals surface area (Å²) in [7, 11) is 0. The minimum atomic E-state index is -0.293. The molecule has 96 valence electrons. The molecule has 0 bridgehead atoms. The first-order valence-corrected chi connectivity index (χ1v) is 5.90. The summed E-state index contributed by atoms with van der Waals surface area (Å²) in [6.07, 6.45) is 1.80. The monoisotopic (exact) mass is 248 g/mol. The van der Waals surface area contributed by atoms with Crippen LogP contribution in [0.15, 0.2) is 30.5 Å². The van der Waals surface area contributed by atoms with Crippen LogP contribution in [0.5, 0.6) is 0 Å². The fourth-order valence-corrected chi connectivity index (χ4v) is 1.91. The van der Waals surface area contributed by atoms with Gasteiger partial charge < -0.3 is 9.88 Å². The number of halogens is 1. The van der Waals surface area contributed by atoms with Gasteiger partial charge in [-0.3, -0.25) is 4.79 Å². The number of amides is 1. The lowest BCUT2D eigenvalue weighted by Gasteiger charge is -2.20. The molecule has 0 unspecified atom stereocenters. The number of nitrogens with one attached hydrogen (secondary N) is 1. The molecule has 1 heterocycles. The first-order valence-electron chi connectivity index (χ1n) is 5.90. The second kappa shape index (κ2) is 4.44. The summed E-state index contributed by atoms with van der Waals surface area (Å²) in [5, 5.41) is 3.81. The van der Waals surface area contributed by atoms with Gasteiger partial charge in [0.1, 0.15) is 12.4 Å². The van der Waals surface area contributed by atoms with E-state index in [-0.39, 0.29) is 23.8 Å². The Morgan fingerprint density at radius 2 is 2.06 bits per heavy atom. The second-order valence-corrected chi connectivity index (χ2v) is 5.44. The third-order valence-corrected chi connectivity index (χ3v) is 2.56. The highest BCUT2D eigenvalue weighted by atomic mass is 19.1. The van der Waals surface area contributed by atoms with Crippen LogP contribution in [-0.2, 0) is 11.3 Å². The standard InChI is InChI=1S/C14H17FN2O/c1-14(2,3)16-13(18)9-17-7-6-10-4-5-11(15)8-12(10)17/h4-8H,9H2,1-3H3,(H,16,18). The lowest BCUT2D eigenvalue weighted by Crippen LogP contribution is -2.42. The van der Waals surface area contributed by atoms with Gasteiger partial charge in [0.2, 0.25) is 5.91 Å². The van der Waals surface area contributed by atoms with E-state index >= 15 is 0 Å². The maximum absolute atomic E-state index is 13.2. The van der Waals surface area contributed by atoms with E-state index in [1.807, 2.05) is 26.8 Å². The Labute approximate surface area is 106 Å². The van der Waals surface area contributed by atoms with Crippen molar-refractivity contribution < 1.29 is 9.18 Å². The summed E-state index contributed by atoms with van der Waals surface area (Å²) in [4.78, 5) is 11.8. The Morgan fingerprint density at radius 3 is 2.72 bits per heavy atom. The molecular weight excluding hydrogens is 231 g/mol. The van der Waals surface area contributed by atoms with Crippen LogP contribution in [0.4, 0.5) is 4.39 Å². The van der Waals surface area contributed by atoms with Crippen LogP contribution >= 0.6 is 0 Å². The summed E-state index contributed by atoms with van der Waals surface area (Å²) in [5.74, 6) is -0.372. The summed E-state index contributed by atoms with van der Waals surface area (Å²) in [6.45, 7) is 5.99. The third-order valence-electron chi connectivity index (χ3n) is 2.56. The Bertz CT molecular complexity index is 581. The van der Waals surface area contributed by atoms with E-state index in [0.29, 0.717) is 0 Å². The quantitative estimate of drug-likeness (QED) is 0.871. The Balaban J connectivity index is 2.22. The maximum Gasteiger partial charge on any atom is 0.240 e. The molecule has 18 heavy (non-hydrogen) atoms. The van der Waals surface area contributed by atoms with Gasteiger partial charge in [0, 0.05) is 11.7 Å². The molecule has 0 aliphatic heterocycles. The number of carbonyl (C=O) groups excluding carboxylic acids is 1. The molecule has 2 rings (SSSR count). The van der Waals surface area contributed by atoms with Crippen LogP contribution in [0.2, 0.25) is 0 Å². The largest absolute Gasteiger partial charge is 0.350 e. The van der Waals surface area contributed by atoms with E-state index in [4.69, 9.17) is 0 Å². The van der Waals surface area contributed by atoms with E-state index in [1.54, 1.807) is 16.8 Å². The molecule has 0 radical (unpaired) electrons. The molecule has 1 aromatic heterocycles. The number of benzene rings is 1. The second-order valence-electron chi connectivity index (χ2n) is 5.44. The van der Waals surface area contributed by atoms with Crippen LogP contribution in [0.1, 0.15) is 20.8 Å². The summed E-state index contributed by atoms with van der Waals surface area (Å²) < 4.78 is 14.9. The van der Waals surface area contributed by atoms with Gasteiger partial charge in [-0.15, -0.1) is 0 Å². The predicted octanol–water partition coefficient (Wildman–Crippen LogP) is 2.70. The van der Waals surface area contributed by atoms with Crippen LogP contribution in [0.3, 0.4) is 0 Å². The van der Waals surface area contributed by atoms with Crippen LogP contribution in [0, 0.1) is 5.82 Å². The first-order chi connectivity index (χ1) is 8.35. The van der Waals surface area contributed by atoms with Gasteiger partial charge in [0.25, 0.3) is 0 Å². The topological polar surface area (TPSA) is 34.0 Å². The van der Waals surface area contributed by atoms with Crippen molar-refractivity contribution in [1.29, 1.82) is 0 Å². The SMILES string of the molecule is CC(C)(C)NC(=O)Cn1ccc2ccc(F)cc21. The zero-order chi connectivity index (χ0) is 13.3. The van der Waals surface area contributed by atoms with Crippen molar-refractivity contribution in [2.75, 3.05) is 0 Å². The number of carbonyl (C=O) groups is 1. The third kappa shape index (κ3) is 2.88. The highest BCUT2D eigenvalue weighted by Gasteiger charge is 2.14.